The van der Waals surface area contributed by atoms with Crippen LogP contribution in [0.4, 0.5) is 0 Å². The van der Waals surface area contributed by atoms with E-state index in [1.54, 1.807) is 6.07 Å². The van der Waals surface area contributed by atoms with Gasteiger partial charge in [-0.05, 0) is 57.1 Å². The first kappa shape index (κ1) is 17.4. The molecule has 5 heteroatoms. The highest BCUT2D eigenvalue weighted by atomic mass is 127. The minimum absolute atomic E-state index is 0.300. The van der Waals surface area contributed by atoms with Crippen LogP contribution in [-0.4, -0.2) is 17.9 Å². The minimum Gasteiger partial charge on any atom is -0.368 e. The van der Waals surface area contributed by atoms with E-state index in [1.807, 2.05) is 60.7 Å². The van der Waals surface area contributed by atoms with Crippen molar-refractivity contribution in [3.8, 4) is 0 Å². The van der Waals surface area contributed by atoms with Crippen LogP contribution in [0.5, 0.6) is 0 Å². The second-order valence-electron chi connectivity index (χ2n) is 5.79. The van der Waals surface area contributed by atoms with E-state index in [2.05, 4.69) is 27.9 Å². The smallest absolute Gasteiger partial charge is 0.252 e. The maximum Gasteiger partial charge on any atom is 0.252 e. The van der Waals surface area contributed by atoms with Crippen molar-refractivity contribution in [2.45, 2.75) is 12.5 Å². The Balaban J connectivity index is 1.84. The van der Waals surface area contributed by atoms with Gasteiger partial charge in [0.2, 0.25) is 5.91 Å². The van der Waals surface area contributed by atoms with E-state index >= 15 is 0 Å². The summed E-state index contributed by atoms with van der Waals surface area (Å²) >= 11 is 2.21. The number of nitrogens with one attached hydrogen (secondary N) is 1. The molecule has 0 aliphatic carbocycles. The molecule has 3 aromatic carbocycles. The van der Waals surface area contributed by atoms with E-state index in [4.69, 9.17) is 5.73 Å². The SMILES string of the molecule is NC(=O)[C@@H](Cc1cccc(I)c1)NC(=O)c1cccc2ccccc12. The lowest BCUT2D eigenvalue weighted by Gasteiger charge is -2.16. The van der Waals surface area contributed by atoms with Crippen LogP contribution in [0.15, 0.2) is 66.7 Å². The van der Waals surface area contributed by atoms with Gasteiger partial charge in [-0.3, -0.25) is 9.59 Å². The topological polar surface area (TPSA) is 72.2 Å². The quantitative estimate of drug-likeness (QED) is 0.593. The molecule has 0 radical (unpaired) electrons. The maximum absolute atomic E-state index is 12.7. The van der Waals surface area contributed by atoms with E-state index in [-0.39, 0.29) is 5.91 Å². The van der Waals surface area contributed by atoms with Crippen molar-refractivity contribution < 1.29 is 9.59 Å². The molecule has 0 bridgehead atoms. The van der Waals surface area contributed by atoms with Gasteiger partial charge < -0.3 is 11.1 Å². The Morgan fingerprint density at radius 1 is 1.00 bits per heavy atom. The van der Waals surface area contributed by atoms with E-state index in [0.717, 1.165) is 19.9 Å². The van der Waals surface area contributed by atoms with Crippen LogP contribution in [0.3, 0.4) is 0 Å². The molecule has 0 spiro atoms. The molecule has 0 aromatic heterocycles. The van der Waals surface area contributed by atoms with E-state index in [9.17, 15) is 9.59 Å². The maximum atomic E-state index is 12.7. The highest BCUT2D eigenvalue weighted by Crippen LogP contribution is 2.18. The molecule has 1 atom stereocenters. The highest BCUT2D eigenvalue weighted by molar-refractivity contribution is 14.1. The number of fused-ring (bicyclic) bond motifs is 1. The number of amides is 2. The van der Waals surface area contributed by atoms with Gasteiger partial charge in [0.15, 0.2) is 0 Å². The summed E-state index contributed by atoms with van der Waals surface area (Å²) < 4.78 is 1.07. The number of hydrogen-bond acceptors (Lipinski definition) is 2. The van der Waals surface area contributed by atoms with Gasteiger partial charge in [-0.25, -0.2) is 0 Å². The molecule has 0 heterocycles. The molecule has 0 aliphatic heterocycles. The first-order valence-corrected chi connectivity index (χ1v) is 8.95. The molecule has 3 aromatic rings. The van der Waals surface area contributed by atoms with Crippen molar-refractivity contribution >= 4 is 45.2 Å². The van der Waals surface area contributed by atoms with Crippen molar-refractivity contribution in [3.05, 3.63) is 81.4 Å². The molecule has 0 saturated carbocycles. The van der Waals surface area contributed by atoms with Crippen LogP contribution in [0.2, 0.25) is 0 Å². The summed E-state index contributed by atoms with van der Waals surface area (Å²) in [6.45, 7) is 0. The van der Waals surface area contributed by atoms with Gasteiger partial charge in [0.1, 0.15) is 6.04 Å². The first-order valence-electron chi connectivity index (χ1n) is 7.87. The molecular weight excluding hydrogens is 427 g/mol. The summed E-state index contributed by atoms with van der Waals surface area (Å²) in [4.78, 5) is 24.5. The average molecular weight is 444 g/mol. The standard InChI is InChI=1S/C20H17IN2O2/c21-15-8-3-5-13(11-15)12-18(19(22)24)23-20(25)17-10-4-7-14-6-1-2-9-16(14)17/h1-11,18H,12H2,(H2,22,24)(H,23,25)/t18-/m1/s1. The normalized spacial score (nSPS) is 11.9. The number of carbonyl (C=O) groups is 2. The van der Waals surface area contributed by atoms with Gasteiger partial charge in [0.25, 0.3) is 5.91 Å². The molecule has 3 N–H and O–H groups in total. The van der Waals surface area contributed by atoms with Crippen LogP contribution >= 0.6 is 22.6 Å². The van der Waals surface area contributed by atoms with Crippen LogP contribution in [0.25, 0.3) is 10.8 Å². The predicted molar refractivity (Wildman–Crippen MR) is 107 cm³/mol. The van der Waals surface area contributed by atoms with Gasteiger partial charge in [0, 0.05) is 15.6 Å². The van der Waals surface area contributed by atoms with Crippen LogP contribution in [0, 0.1) is 3.57 Å². The number of halogens is 1. The van der Waals surface area contributed by atoms with Crippen molar-refractivity contribution in [1.29, 1.82) is 0 Å². The van der Waals surface area contributed by atoms with Gasteiger partial charge >= 0.3 is 0 Å². The molecule has 126 valence electrons. The Kier molecular flexibility index (Phi) is 5.33. The fourth-order valence-electron chi connectivity index (χ4n) is 2.78. The number of nitrogens with two attached hydrogens (primary N) is 1. The third kappa shape index (κ3) is 4.17. The zero-order valence-corrected chi connectivity index (χ0v) is 15.6. The summed E-state index contributed by atoms with van der Waals surface area (Å²) in [6, 6.07) is 20.2. The van der Waals surface area contributed by atoms with Gasteiger partial charge in [0.05, 0.1) is 0 Å². The second-order valence-corrected chi connectivity index (χ2v) is 7.03. The third-order valence-corrected chi connectivity index (χ3v) is 4.68. The molecule has 0 saturated heterocycles. The Bertz CT molecular complexity index is 934. The highest BCUT2D eigenvalue weighted by Gasteiger charge is 2.20. The molecule has 0 aliphatic rings. The van der Waals surface area contributed by atoms with Crippen LogP contribution < -0.4 is 11.1 Å². The first-order chi connectivity index (χ1) is 12.0. The van der Waals surface area contributed by atoms with Crippen LogP contribution in [0.1, 0.15) is 15.9 Å². The summed E-state index contributed by atoms with van der Waals surface area (Å²) in [5.41, 5.74) is 6.99. The number of benzene rings is 3. The molecule has 3 rings (SSSR count). The zero-order valence-electron chi connectivity index (χ0n) is 13.4. The summed E-state index contributed by atoms with van der Waals surface area (Å²) in [5.74, 6) is -0.848. The molecule has 2 amide bonds. The molecule has 0 fully saturated rings. The van der Waals surface area contributed by atoms with Crippen molar-refractivity contribution in [1.82, 2.24) is 5.32 Å². The Morgan fingerprint density at radius 3 is 2.48 bits per heavy atom. The fraction of sp³-hybridized carbons (Fsp3) is 0.100. The number of rotatable bonds is 5. The van der Waals surface area contributed by atoms with E-state index < -0.39 is 11.9 Å². The number of hydrogen-bond donors (Lipinski definition) is 2. The lowest BCUT2D eigenvalue weighted by atomic mass is 10.0. The lowest BCUT2D eigenvalue weighted by Crippen LogP contribution is -2.45. The molecule has 4 nitrogen and oxygen atoms in total. The Labute approximate surface area is 159 Å². The lowest BCUT2D eigenvalue weighted by molar-refractivity contribution is -0.119. The second kappa shape index (κ2) is 7.65. The molecule has 25 heavy (non-hydrogen) atoms. The molecule has 0 unspecified atom stereocenters. The predicted octanol–water partition coefficient (Wildman–Crippen LogP) is 3.27. The molecular formula is C20H17IN2O2. The summed E-state index contributed by atoms with van der Waals surface area (Å²) in [7, 11) is 0. The minimum atomic E-state index is -0.760. The Morgan fingerprint density at radius 2 is 1.72 bits per heavy atom. The average Bonchev–Trinajstić information content (AvgIpc) is 2.60. The number of carbonyl (C=O) groups excluding carboxylic acids is 2. The largest absolute Gasteiger partial charge is 0.368 e. The van der Waals surface area contributed by atoms with Crippen molar-refractivity contribution in [2.24, 2.45) is 5.73 Å². The Hall–Kier alpha value is -2.41. The van der Waals surface area contributed by atoms with Crippen molar-refractivity contribution in [2.75, 3.05) is 0 Å². The van der Waals surface area contributed by atoms with E-state index in [0.29, 0.717) is 12.0 Å². The summed E-state index contributed by atoms with van der Waals surface area (Å²) in [6.07, 6.45) is 0.364. The third-order valence-electron chi connectivity index (χ3n) is 4.01. The zero-order chi connectivity index (χ0) is 17.8. The summed E-state index contributed by atoms with van der Waals surface area (Å²) in [5, 5.41) is 4.60. The van der Waals surface area contributed by atoms with Gasteiger partial charge in [-0.2, -0.15) is 0 Å². The van der Waals surface area contributed by atoms with E-state index in [1.165, 1.54) is 0 Å². The number of primary amides is 1. The van der Waals surface area contributed by atoms with Crippen molar-refractivity contribution in [3.63, 3.8) is 0 Å². The fourth-order valence-corrected chi connectivity index (χ4v) is 3.39. The van der Waals surface area contributed by atoms with Gasteiger partial charge in [-0.15, -0.1) is 0 Å². The van der Waals surface area contributed by atoms with Gasteiger partial charge in [-0.1, -0.05) is 48.5 Å². The monoisotopic (exact) mass is 444 g/mol. The van der Waals surface area contributed by atoms with Crippen LogP contribution in [-0.2, 0) is 11.2 Å².